The number of aliphatic carboxylic acids is 1. The number of aromatic nitrogens is 1. The topological polar surface area (TPSA) is 68.7 Å². The Bertz CT molecular complexity index is 963. The van der Waals surface area contributed by atoms with Crippen molar-refractivity contribution in [1.82, 2.24) is 4.98 Å². The van der Waals surface area contributed by atoms with Gasteiger partial charge in [0.2, 0.25) is 0 Å². The molecule has 1 N–H and O–H groups in total. The van der Waals surface area contributed by atoms with Crippen LogP contribution in [0.5, 0.6) is 11.5 Å². The van der Waals surface area contributed by atoms with E-state index >= 15 is 0 Å². The van der Waals surface area contributed by atoms with Crippen molar-refractivity contribution in [3.8, 4) is 33.3 Å². The van der Waals surface area contributed by atoms with Gasteiger partial charge in [0.25, 0.3) is 0 Å². The molecule has 1 aromatic heterocycles. The van der Waals surface area contributed by atoms with Crippen molar-refractivity contribution in [1.29, 1.82) is 0 Å². The summed E-state index contributed by atoms with van der Waals surface area (Å²) < 4.78 is 11.2. The maximum atomic E-state index is 11.3. The SMILES string of the molecule is CCCOc1ccc(-c2nc(-c3ccc(C)cc3)c(CC(=O)O)s2)cc1OC. The Morgan fingerprint density at radius 2 is 1.82 bits per heavy atom. The first-order chi connectivity index (χ1) is 13.5. The van der Waals surface area contributed by atoms with Gasteiger partial charge >= 0.3 is 5.97 Å². The summed E-state index contributed by atoms with van der Waals surface area (Å²) in [6.45, 7) is 4.68. The molecule has 6 heteroatoms. The number of benzene rings is 2. The van der Waals surface area contributed by atoms with E-state index < -0.39 is 5.97 Å². The molecular formula is C22H23NO4S. The molecule has 0 bridgehead atoms. The second kappa shape index (κ2) is 8.89. The van der Waals surface area contributed by atoms with Gasteiger partial charge in [-0.3, -0.25) is 4.79 Å². The first-order valence-electron chi connectivity index (χ1n) is 9.11. The Hall–Kier alpha value is -2.86. The van der Waals surface area contributed by atoms with Gasteiger partial charge in [-0.05, 0) is 31.5 Å². The van der Waals surface area contributed by atoms with Crippen LogP contribution in [0.4, 0.5) is 0 Å². The number of hydrogen-bond acceptors (Lipinski definition) is 5. The molecule has 0 amide bonds. The number of aryl methyl sites for hydroxylation is 1. The number of methoxy groups -OCH3 is 1. The lowest BCUT2D eigenvalue weighted by atomic mass is 10.1. The van der Waals surface area contributed by atoms with Gasteiger partial charge in [0, 0.05) is 16.0 Å². The summed E-state index contributed by atoms with van der Waals surface area (Å²) in [5.74, 6) is 0.455. The fraction of sp³-hybridized carbons (Fsp3) is 0.273. The minimum atomic E-state index is -0.871. The molecule has 0 fully saturated rings. The molecule has 0 unspecified atom stereocenters. The van der Waals surface area contributed by atoms with E-state index in [1.54, 1.807) is 7.11 Å². The third-order valence-corrected chi connectivity index (χ3v) is 5.31. The van der Waals surface area contributed by atoms with Crippen molar-refractivity contribution in [2.24, 2.45) is 0 Å². The fourth-order valence-electron chi connectivity index (χ4n) is 2.80. The van der Waals surface area contributed by atoms with Gasteiger partial charge in [-0.2, -0.15) is 0 Å². The second-order valence-electron chi connectivity index (χ2n) is 6.44. The van der Waals surface area contributed by atoms with Gasteiger partial charge in [-0.15, -0.1) is 11.3 Å². The van der Waals surface area contributed by atoms with Gasteiger partial charge in [-0.25, -0.2) is 4.98 Å². The Labute approximate surface area is 168 Å². The summed E-state index contributed by atoms with van der Waals surface area (Å²) in [6, 6.07) is 13.6. The van der Waals surface area contributed by atoms with Crippen molar-refractivity contribution in [3.05, 3.63) is 52.9 Å². The molecule has 5 nitrogen and oxygen atoms in total. The first kappa shape index (κ1) is 19.9. The lowest BCUT2D eigenvalue weighted by Gasteiger charge is -2.10. The summed E-state index contributed by atoms with van der Waals surface area (Å²) in [6.07, 6.45) is 0.853. The molecule has 1 heterocycles. The average Bonchev–Trinajstić information content (AvgIpc) is 3.09. The Morgan fingerprint density at radius 3 is 2.46 bits per heavy atom. The minimum Gasteiger partial charge on any atom is -0.493 e. The van der Waals surface area contributed by atoms with Crippen LogP contribution in [-0.2, 0) is 11.2 Å². The third kappa shape index (κ3) is 4.51. The van der Waals surface area contributed by atoms with Gasteiger partial charge in [-0.1, -0.05) is 36.8 Å². The van der Waals surface area contributed by atoms with Crippen LogP contribution < -0.4 is 9.47 Å². The Morgan fingerprint density at radius 1 is 1.11 bits per heavy atom. The summed E-state index contributed by atoms with van der Waals surface area (Å²) in [5, 5.41) is 10.1. The number of carboxylic acid groups (broad SMARTS) is 1. The van der Waals surface area contributed by atoms with Crippen LogP contribution in [0.2, 0.25) is 0 Å². The number of nitrogens with zero attached hydrogens (tertiary/aromatic N) is 1. The van der Waals surface area contributed by atoms with Crippen LogP contribution in [0.3, 0.4) is 0 Å². The van der Waals surface area contributed by atoms with Crippen LogP contribution in [0.25, 0.3) is 21.8 Å². The summed E-state index contributed by atoms with van der Waals surface area (Å²) >= 11 is 1.39. The molecule has 0 aliphatic carbocycles. The predicted octanol–water partition coefficient (Wildman–Crippen LogP) is 5.21. The van der Waals surface area contributed by atoms with Gasteiger partial charge in [0.1, 0.15) is 5.01 Å². The zero-order valence-corrected chi connectivity index (χ0v) is 17.0. The standard InChI is InChI=1S/C22H23NO4S/c1-4-11-27-17-10-9-16(12-18(17)26-3)22-23-21(19(28-22)13-20(24)25)15-7-5-14(2)6-8-15/h5-10,12H,4,11,13H2,1-3H3,(H,24,25). The maximum absolute atomic E-state index is 11.3. The molecular weight excluding hydrogens is 374 g/mol. The molecule has 3 aromatic rings. The lowest BCUT2D eigenvalue weighted by molar-refractivity contribution is -0.136. The molecule has 0 atom stereocenters. The zero-order chi connectivity index (χ0) is 20.1. The number of thiazole rings is 1. The fourth-order valence-corrected chi connectivity index (χ4v) is 3.87. The van der Waals surface area contributed by atoms with Crippen molar-refractivity contribution < 1.29 is 19.4 Å². The molecule has 0 spiro atoms. The average molecular weight is 397 g/mol. The third-order valence-electron chi connectivity index (χ3n) is 4.21. The number of rotatable bonds is 8. The monoisotopic (exact) mass is 397 g/mol. The molecule has 0 aliphatic heterocycles. The van der Waals surface area contributed by atoms with Gasteiger partial charge in [0.15, 0.2) is 11.5 Å². The molecule has 0 radical (unpaired) electrons. The minimum absolute atomic E-state index is 0.0598. The quantitative estimate of drug-likeness (QED) is 0.565. The summed E-state index contributed by atoms with van der Waals surface area (Å²) in [7, 11) is 1.60. The van der Waals surface area contributed by atoms with E-state index in [0.29, 0.717) is 23.8 Å². The van der Waals surface area contributed by atoms with Crippen LogP contribution in [0, 0.1) is 6.92 Å². The van der Waals surface area contributed by atoms with E-state index in [2.05, 4.69) is 0 Å². The van der Waals surface area contributed by atoms with E-state index in [1.807, 2.05) is 56.3 Å². The zero-order valence-electron chi connectivity index (χ0n) is 16.2. The van der Waals surface area contributed by atoms with Crippen LogP contribution >= 0.6 is 11.3 Å². The van der Waals surface area contributed by atoms with Crippen LogP contribution in [0.15, 0.2) is 42.5 Å². The number of hydrogen-bond donors (Lipinski definition) is 1. The van der Waals surface area contributed by atoms with Crippen LogP contribution in [0.1, 0.15) is 23.8 Å². The number of carbonyl (C=O) groups is 1. The number of ether oxygens (including phenoxy) is 2. The van der Waals surface area contributed by atoms with E-state index in [4.69, 9.17) is 14.5 Å². The highest BCUT2D eigenvalue weighted by Gasteiger charge is 2.18. The normalized spacial score (nSPS) is 10.7. The predicted molar refractivity (Wildman–Crippen MR) is 111 cm³/mol. The van der Waals surface area contributed by atoms with E-state index in [1.165, 1.54) is 11.3 Å². The second-order valence-corrected chi connectivity index (χ2v) is 7.53. The highest BCUT2D eigenvalue weighted by Crippen LogP contribution is 2.38. The van der Waals surface area contributed by atoms with Crippen molar-refractivity contribution >= 4 is 17.3 Å². The molecule has 2 aromatic carbocycles. The van der Waals surface area contributed by atoms with Gasteiger partial charge < -0.3 is 14.6 Å². The summed E-state index contributed by atoms with van der Waals surface area (Å²) in [4.78, 5) is 16.8. The highest BCUT2D eigenvalue weighted by atomic mass is 32.1. The Balaban J connectivity index is 2.02. The molecule has 3 rings (SSSR count). The van der Waals surface area contributed by atoms with Gasteiger partial charge in [0.05, 0.1) is 25.8 Å². The first-order valence-corrected chi connectivity index (χ1v) is 9.93. The Kier molecular flexibility index (Phi) is 6.31. The molecule has 28 heavy (non-hydrogen) atoms. The lowest BCUT2D eigenvalue weighted by Crippen LogP contribution is -1.99. The molecule has 146 valence electrons. The summed E-state index contributed by atoms with van der Waals surface area (Å²) in [5.41, 5.74) is 3.65. The molecule has 0 saturated heterocycles. The molecule has 0 aliphatic rings. The smallest absolute Gasteiger partial charge is 0.308 e. The number of carboxylic acids is 1. The molecule has 0 saturated carbocycles. The highest BCUT2D eigenvalue weighted by molar-refractivity contribution is 7.15. The maximum Gasteiger partial charge on any atom is 0.308 e. The van der Waals surface area contributed by atoms with E-state index in [9.17, 15) is 9.90 Å². The van der Waals surface area contributed by atoms with Crippen molar-refractivity contribution in [3.63, 3.8) is 0 Å². The van der Waals surface area contributed by atoms with E-state index in [-0.39, 0.29) is 6.42 Å². The van der Waals surface area contributed by atoms with Crippen molar-refractivity contribution in [2.45, 2.75) is 26.7 Å². The largest absolute Gasteiger partial charge is 0.493 e. The van der Waals surface area contributed by atoms with E-state index in [0.717, 1.165) is 33.0 Å². The van der Waals surface area contributed by atoms with Crippen LogP contribution in [-0.4, -0.2) is 29.8 Å². The van der Waals surface area contributed by atoms with Crippen molar-refractivity contribution in [2.75, 3.05) is 13.7 Å².